The van der Waals surface area contributed by atoms with Gasteiger partial charge < -0.3 is 19.7 Å². The third kappa shape index (κ3) is 1.97. The Kier molecular flexibility index (Phi) is 2.45. The Hall–Kier alpha value is -2.01. The number of para-hydroxylation sites is 1. The molecule has 2 aromatic rings. The first-order valence-corrected chi connectivity index (χ1v) is 5.39. The first-order valence-electron chi connectivity index (χ1n) is 5.39. The summed E-state index contributed by atoms with van der Waals surface area (Å²) >= 11 is 0. The Balaban J connectivity index is 1.92. The van der Waals surface area contributed by atoms with Gasteiger partial charge in [-0.15, -0.1) is 0 Å². The van der Waals surface area contributed by atoms with Crippen molar-refractivity contribution in [2.24, 2.45) is 0 Å². The minimum absolute atomic E-state index is 0.125. The molecule has 0 amide bonds. The first kappa shape index (κ1) is 10.2. The highest BCUT2D eigenvalue weighted by molar-refractivity contribution is 5.68. The van der Waals surface area contributed by atoms with Crippen LogP contribution in [0.2, 0.25) is 0 Å². The van der Waals surface area contributed by atoms with Crippen LogP contribution in [-0.4, -0.2) is 24.5 Å². The predicted octanol–water partition coefficient (Wildman–Crippen LogP) is 1.70. The Labute approximate surface area is 98.1 Å². The van der Waals surface area contributed by atoms with E-state index in [0.717, 1.165) is 11.3 Å². The van der Waals surface area contributed by atoms with E-state index in [1.807, 2.05) is 24.3 Å². The van der Waals surface area contributed by atoms with Crippen molar-refractivity contribution in [2.45, 2.75) is 6.10 Å². The molecule has 1 saturated heterocycles. The summed E-state index contributed by atoms with van der Waals surface area (Å²) < 4.78 is 15.7. The van der Waals surface area contributed by atoms with E-state index in [1.165, 1.54) is 0 Å². The molecular weight excluding hydrogens is 220 g/mol. The van der Waals surface area contributed by atoms with E-state index >= 15 is 0 Å². The summed E-state index contributed by atoms with van der Waals surface area (Å²) in [7, 11) is 0. The Morgan fingerprint density at radius 2 is 2.12 bits per heavy atom. The van der Waals surface area contributed by atoms with Gasteiger partial charge in [-0.05, 0) is 12.1 Å². The van der Waals surface area contributed by atoms with Crippen LogP contribution in [0.4, 0.5) is 5.88 Å². The highest BCUT2D eigenvalue weighted by Gasteiger charge is 2.22. The number of ether oxygens (including phenoxy) is 2. The zero-order valence-corrected chi connectivity index (χ0v) is 9.13. The van der Waals surface area contributed by atoms with Crippen molar-refractivity contribution in [2.75, 3.05) is 18.9 Å². The lowest BCUT2D eigenvalue weighted by Gasteiger charge is -2.27. The van der Waals surface area contributed by atoms with Crippen LogP contribution >= 0.6 is 0 Å². The average molecular weight is 232 g/mol. The van der Waals surface area contributed by atoms with Crippen molar-refractivity contribution in [1.29, 1.82) is 0 Å². The number of nitrogens with zero attached hydrogens (tertiary/aromatic N) is 1. The summed E-state index contributed by atoms with van der Waals surface area (Å²) in [5.74, 6) is 1.07. The number of hydrogen-bond donors (Lipinski definition) is 1. The van der Waals surface area contributed by atoms with Gasteiger partial charge in [0.25, 0.3) is 0 Å². The lowest BCUT2D eigenvalue weighted by molar-refractivity contribution is -0.0794. The summed E-state index contributed by atoms with van der Waals surface area (Å²) in [5, 5.41) is 3.89. The first-order chi connectivity index (χ1) is 8.33. The van der Waals surface area contributed by atoms with Crippen LogP contribution in [0.15, 0.2) is 34.9 Å². The SMILES string of the molecule is Nc1cc(-c2ccccc2OC2COC2)no1. The maximum atomic E-state index is 5.80. The van der Waals surface area contributed by atoms with Gasteiger partial charge in [-0.2, -0.15) is 0 Å². The van der Waals surface area contributed by atoms with E-state index < -0.39 is 0 Å². The molecule has 0 spiro atoms. The number of anilines is 1. The van der Waals surface area contributed by atoms with E-state index in [1.54, 1.807) is 6.07 Å². The molecule has 2 heterocycles. The van der Waals surface area contributed by atoms with E-state index in [4.69, 9.17) is 19.7 Å². The number of hydrogen-bond acceptors (Lipinski definition) is 5. The van der Waals surface area contributed by atoms with Crippen molar-refractivity contribution >= 4 is 5.88 Å². The molecule has 1 aliphatic rings. The van der Waals surface area contributed by atoms with Crippen molar-refractivity contribution in [3.8, 4) is 17.0 Å². The van der Waals surface area contributed by atoms with E-state index in [2.05, 4.69) is 5.16 Å². The summed E-state index contributed by atoms with van der Waals surface area (Å²) in [6.07, 6.45) is 0.125. The maximum absolute atomic E-state index is 5.80. The largest absolute Gasteiger partial charge is 0.485 e. The van der Waals surface area contributed by atoms with E-state index in [9.17, 15) is 0 Å². The summed E-state index contributed by atoms with van der Waals surface area (Å²) in [6.45, 7) is 1.27. The molecule has 0 unspecified atom stereocenters. The lowest BCUT2D eigenvalue weighted by atomic mass is 10.1. The van der Waals surface area contributed by atoms with Gasteiger partial charge in [0.2, 0.25) is 5.88 Å². The minimum Gasteiger partial charge on any atom is -0.485 e. The molecule has 3 rings (SSSR count). The van der Waals surface area contributed by atoms with Gasteiger partial charge in [-0.3, -0.25) is 0 Å². The van der Waals surface area contributed by atoms with Crippen molar-refractivity contribution in [3.63, 3.8) is 0 Å². The molecule has 5 heteroatoms. The zero-order valence-electron chi connectivity index (χ0n) is 9.13. The van der Waals surface area contributed by atoms with Gasteiger partial charge in [0.15, 0.2) is 0 Å². The molecular formula is C12H12N2O3. The molecule has 0 atom stereocenters. The zero-order chi connectivity index (χ0) is 11.7. The molecule has 1 aliphatic heterocycles. The number of benzene rings is 1. The van der Waals surface area contributed by atoms with Crippen LogP contribution in [0, 0.1) is 0 Å². The van der Waals surface area contributed by atoms with Crippen LogP contribution in [0.1, 0.15) is 0 Å². The maximum Gasteiger partial charge on any atom is 0.222 e. The molecule has 0 saturated carbocycles. The number of nitrogens with two attached hydrogens (primary N) is 1. The van der Waals surface area contributed by atoms with Crippen molar-refractivity contribution in [3.05, 3.63) is 30.3 Å². The van der Waals surface area contributed by atoms with Gasteiger partial charge in [-0.1, -0.05) is 17.3 Å². The van der Waals surface area contributed by atoms with E-state index in [0.29, 0.717) is 24.8 Å². The highest BCUT2D eigenvalue weighted by atomic mass is 16.6. The van der Waals surface area contributed by atoms with Crippen LogP contribution in [0.3, 0.4) is 0 Å². The summed E-state index contributed by atoms with van der Waals surface area (Å²) in [4.78, 5) is 0. The molecule has 1 aromatic heterocycles. The molecule has 0 bridgehead atoms. The monoisotopic (exact) mass is 232 g/mol. The standard InChI is InChI=1S/C12H12N2O3/c13-12-5-10(14-17-12)9-3-1-2-4-11(9)16-8-6-15-7-8/h1-5,8H,6-7,13H2. The molecule has 1 fully saturated rings. The van der Waals surface area contributed by atoms with Gasteiger partial charge in [0.1, 0.15) is 17.5 Å². The molecule has 1 aromatic carbocycles. The second-order valence-electron chi connectivity index (χ2n) is 3.89. The molecule has 0 aliphatic carbocycles. The van der Waals surface area contributed by atoms with Gasteiger partial charge in [0.05, 0.1) is 13.2 Å². The van der Waals surface area contributed by atoms with Crippen molar-refractivity contribution in [1.82, 2.24) is 5.16 Å². The van der Waals surface area contributed by atoms with Crippen LogP contribution in [0.25, 0.3) is 11.3 Å². The predicted molar refractivity (Wildman–Crippen MR) is 61.6 cm³/mol. The third-order valence-corrected chi connectivity index (χ3v) is 2.59. The summed E-state index contributed by atoms with van der Waals surface area (Å²) in [5.41, 5.74) is 7.07. The van der Waals surface area contributed by atoms with Gasteiger partial charge in [0, 0.05) is 11.6 Å². The van der Waals surface area contributed by atoms with Crippen molar-refractivity contribution < 1.29 is 14.0 Å². The second kappa shape index (κ2) is 4.10. The normalized spacial score (nSPS) is 15.5. The second-order valence-corrected chi connectivity index (χ2v) is 3.89. The summed E-state index contributed by atoms with van der Waals surface area (Å²) in [6, 6.07) is 9.34. The number of nitrogen functional groups attached to an aromatic ring is 1. The Morgan fingerprint density at radius 1 is 1.29 bits per heavy atom. The fraction of sp³-hybridized carbons (Fsp3) is 0.250. The lowest BCUT2D eigenvalue weighted by Crippen LogP contribution is -2.38. The fourth-order valence-electron chi connectivity index (χ4n) is 1.66. The van der Waals surface area contributed by atoms with Crippen LogP contribution in [-0.2, 0) is 4.74 Å². The van der Waals surface area contributed by atoms with Crippen LogP contribution < -0.4 is 10.5 Å². The topological polar surface area (TPSA) is 70.5 Å². The minimum atomic E-state index is 0.125. The Morgan fingerprint density at radius 3 is 2.76 bits per heavy atom. The average Bonchev–Trinajstić information content (AvgIpc) is 2.71. The van der Waals surface area contributed by atoms with E-state index in [-0.39, 0.29) is 6.10 Å². The number of rotatable bonds is 3. The molecule has 88 valence electrons. The van der Waals surface area contributed by atoms with Gasteiger partial charge in [-0.25, -0.2) is 0 Å². The molecule has 2 N–H and O–H groups in total. The molecule has 5 nitrogen and oxygen atoms in total. The Bertz CT molecular complexity index is 520. The van der Waals surface area contributed by atoms with Crippen LogP contribution in [0.5, 0.6) is 5.75 Å². The fourth-order valence-corrected chi connectivity index (χ4v) is 1.66. The molecule has 17 heavy (non-hydrogen) atoms. The van der Waals surface area contributed by atoms with Gasteiger partial charge >= 0.3 is 0 Å². The highest BCUT2D eigenvalue weighted by Crippen LogP contribution is 2.31. The third-order valence-electron chi connectivity index (χ3n) is 2.59. The number of aromatic nitrogens is 1. The smallest absolute Gasteiger partial charge is 0.222 e. The quantitative estimate of drug-likeness (QED) is 0.872. The molecule has 0 radical (unpaired) electrons.